The summed E-state index contributed by atoms with van der Waals surface area (Å²) in [5.74, 6) is 0.0338. The quantitative estimate of drug-likeness (QED) is 0.286. The summed E-state index contributed by atoms with van der Waals surface area (Å²) < 4.78 is 8.10. The monoisotopic (exact) mass is 449 g/mol. The number of hydrogen-bond acceptors (Lipinski definition) is 2. The van der Waals surface area contributed by atoms with Crippen molar-refractivity contribution in [2.45, 2.75) is 20.4 Å². The summed E-state index contributed by atoms with van der Waals surface area (Å²) in [4.78, 5) is 12.2. The van der Waals surface area contributed by atoms with Crippen LogP contribution in [0.25, 0.3) is 32.8 Å². The molecular formula is C30H27NO3. The number of rotatable bonds is 7. The maximum absolute atomic E-state index is 12.2. The highest BCUT2D eigenvalue weighted by Gasteiger charge is 2.19. The first-order chi connectivity index (χ1) is 16.5. The number of carbonyl (C=O) groups is 1. The molecule has 0 amide bonds. The summed E-state index contributed by atoms with van der Waals surface area (Å²) in [5, 5.41) is 13.1. The third kappa shape index (κ3) is 4.03. The average Bonchev–Trinajstić information content (AvgIpc) is 3.22. The molecule has 4 nitrogen and oxygen atoms in total. The van der Waals surface area contributed by atoms with E-state index in [9.17, 15) is 9.90 Å². The first-order valence-corrected chi connectivity index (χ1v) is 11.5. The molecule has 0 radical (unpaired) electrons. The molecule has 0 saturated heterocycles. The fourth-order valence-corrected chi connectivity index (χ4v) is 4.69. The van der Waals surface area contributed by atoms with Crippen molar-refractivity contribution in [3.63, 3.8) is 0 Å². The van der Waals surface area contributed by atoms with E-state index in [0.29, 0.717) is 18.8 Å². The van der Waals surface area contributed by atoms with E-state index in [4.69, 9.17) is 4.74 Å². The van der Waals surface area contributed by atoms with Gasteiger partial charge in [-0.3, -0.25) is 0 Å². The number of benzene rings is 4. The molecule has 1 aromatic heterocycles. The molecule has 0 spiro atoms. The fourth-order valence-electron chi connectivity index (χ4n) is 4.69. The Morgan fingerprint density at radius 3 is 2.41 bits per heavy atom. The molecular weight excluding hydrogens is 422 g/mol. The minimum Gasteiger partial charge on any atom is -0.493 e. The third-order valence-electron chi connectivity index (χ3n) is 6.37. The van der Waals surface area contributed by atoms with Crippen LogP contribution in [0.4, 0.5) is 0 Å². The molecule has 1 heterocycles. The molecule has 170 valence electrons. The lowest BCUT2D eigenvalue weighted by Gasteiger charge is -2.17. The summed E-state index contributed by atoms with van der Waals surface area (Å²) in [7, 11) is 0. The molecule has 34 heavy (non-hydrogen) atoms. The summed E-state index contributed by atoms with van der Waals surface area (Å²) >= 11 is 0. The van der Waals surface area contributed by atoms with Crippen LogP contribution >= 0.6 is 0 Å². The first kappa shape index (κ1) is 21.8. The van der Waals surface area contributed by atoms with E-state index < -0.39 is 5.97 Å². The SMILES string of the molecule is Cc1ccccc1-c1cccc2c1cc(C(=O)O)n2C[C@H](C)COc1cccc2ccccc12. The highest BCUT2D eigenvalue weighted by Crippen LogP contribution is 2.33. The van der Waals surface area contributed by atoms with Gasteiger partial charge in [0.2, 0.25) is 0 Å². The number of aromatic nitrogens is 1. The van der Waals surface area contributed by atoms with Crippen molar-refractivity contribution < 1.29 is 14.6 Å². The molecule has 0 fully saturated rings. The molecule has 5 aromatic rings. The summed E-state index contributed by atoms with van der Waals surface area (Å²) in [6, 6.07) is 30.3. The molecule has 4 heteroatoms. The maximum Gasteiger partial charge on any atom is 0.352 e. The number of carboxylic acid groups (broad SMARTS) is 1. The zero-order valence-corrected chi connectivity index (χ0v) is 19.4. The largest absolute Gasteiger partial charge is 0.493 e. The number of hydrogen-bond donors (Lipinski definition) is 1. The molecule has 0 aliphatic heterocycles. The second-order valence-corrected chi connectivity index (χ2v) is 8.89. The number of nitrogens with zero attached hydrogens (tertiary/aromatic N) is 1. The van der Waals surface area contributed by atoms with Gasteiger partial charge in [0, 0.05) is 28.8 Å². The van der Waals surface area contributed by atoms with Crippen molar-refractivity contribution in [3.05, 3.63) is 102 Å². The van der Waals surface area contributed by atoms with Crippen LogP contribution in [0.2, 0.25) is 0 Å². The van der Waals surface area contributed by atoms with Gasteiger partial charge in [0.15, 0.2) is 0 Å². The molecule has 0 aliphatic carbocycles. The lowest BCUT2D eigenvalue weighted by Crippen LogP contribution is -2.18. The van der Waals surface area contributed by atoms with E-state index in [1.807, 2.05) is 53.1 Å². The molecule has 4 aromatic carbocycles. The van der Waals surface area contributed by atoms with Gasteiger partial charge in [0.25, 0.3) is 0 Å². The Labute approximate surface area is 199 Å². The zero-order chi connectivity index (χ0) is 23.7. The van der Waals surface area contributed by atoms with E-state index >= 15 is 0 Å². The predicted octanol–water partition coefficient (Wildman–Crippen LogP) is 7.18. The van der Waals surface area contributed by atoms with Gasteiger partial charge in [-0.25, -0.2) is 4.79 Å². The Hall–Kier alpha value is -4.05. The van der Waals surface area contributed by atoms with E-state index in [1.54, 1.807) is 6.07 Å². The van der Waals surface area contributed by atoms with Crippen molar-refractivity contribution in [2.75, 3.05) is 6.61 Å². The van der Waals surface area contributed by atoms with Crippen LogP contribution in [0.1, 0.15) is 23.0 Å². The van der Waals surface area contributed by atoms with Gasteiger partial charge < -0.3 is 14.4 Å². The minimum atomic E-state index is -0.922. The first-order valence-electron chi connectivity index (χ1n) is 11.5. The summed E-state index contributed by atoms with van der Waals surface area (Å²) in [6.07, 6.45) is 0. The predicted molar refractivity (Wildman–Crippen MR) is 138 cm³/mol. The Balaban J connectivity index is 1.46. The summed E-state index contributed by atoms with van der Waals surface area (Å²) in [6.45, 7) is 5.21. The van der Waals surface area contributed by atoms with Crippen LogP contribution in [0.5, 0.6) is 5.75 Å². The Bertz CT molecular complexity index is 1490. The van der Waals surface area contributed by atoms with Gasteiger partial charge in [-0.2, -0.15) is 0 Å². The van der Waals surface area contributed by atoms with Gasteiger partial charge in [-0.15, -0.1) is 0 Å². The van der Waals surface area contributed by atoms with Crippen LogP contribution in [0.3, 0.4) is 0 Å². The van der Waals surface area contributed by atoms with E-state index in [2.05, 4.69) is 50.2 Å². The molecule has 0 unspecified atom stereocenters. The standard InChI is InChI=1S/C30H27NO3/c1-20(19-34-29-16-7-11-22-10-4-6-13-24(22)29)18-31-27-15-8-14-25(23-12-5-3-9-21(23)2)26(27)17-28(31)30(32)33/h3-17,20H,18-19H2,1-2H3,(H,32,33)/t20-/m0/s1. The van der Waals surface area contributed by atoms with Gasteiger partial charge in [-0.05, 0) is 47.2 Å². The number of ether oxygens (including phenoxy) is 1. The maximum atomic E-state index is 12.2. The van der Waals surface area contributed by atoms with Gasteiger partial charge in [0.05, 0.1) is 6.61 Å². The molecule has 0 saturated carbocycles. The second kappa shape index (κ2) is 9.06. The molecule has 1 atom stereocenters. The second-order valence-electron chi connectivity index (χ2n) is 8.89. The van der Waals surface area contributed by atoms with E-state index in [-0.39, 0.29) is 5.92 Å². The fraction of sp³-hybridized carbons (Fsp3) is 0.167. The highest BCUT2D eigenvalue weighted by atomic mass is 16.5. The molecule has 0 aliphatic rings. The van der Waals surface area contributed by atoms with Crippen molar-refractivity contribution in [1.29, 1.82) is 0 Å². The highest BCUT2D eigenvalue weighted by molar-refractivity contribution is 6.02. The molecule has 1 N–H and O–H groups in total. The van der Waals surface area contributed by atoms with Crippen molar-refractivity contribution >= 4 is 27.6 Å². The van der Waals surface area contributed by atoms with Crippen LogP contribution in [-0.2, 0) is 6.54 Å². The Kier molecular flexibility index (Phi) is 5.81. The van der Waals surface area contributed by atoms with Gasteiger partial charge >= 0.3 is 5.97 Å². The van der Waals surface area contributed by atoms with E-state index in [0.717, 1.165) is 44.1 Å². The Morgan fingerprint density at radius 1 is 0.882 bits per heavy atom. The smallest absolute Gasteiger partial charge is 0.352 e. The number of aryl methyl sites for hydroxylation is 1. The van der Waals surface area contributed by atoms with Gasteiger partial charge in [-0.1, -0.05) is 79.7 Å². The third-order valence-corrected chi connectivity index (χ3v) is 6.37. The minimum absolute atomic E-state index is 0.106. The van der Waals surface area contributed by atoms with Crippen molar-refractivity contribution in [2.24, 2.45) is 5.92 Å². The zero-order valence-electron chi connectivity index (χ0n) is 19.4. The van der Waals surface area contributed by atoms with E-state index in [1.165, 1.54) is 0 Å². The van der Waals surface area contributed by atoms with Crippen molar-refractivity contribution in [1.82, 2.24) is 4.57 Å². The molecule has 5 rings (SSSR count). The Morgan fingerprint density at radius 2 is 1.59 bits per heavy atom. The normalized spacial score (nSPS) is 12.2. The average molecular weight is 450 g/mol. The molecule has 0 bridgehead atoms. The topological polar surface area (TPSA) is 51.5 Å². The lowest BCUT2D eigenvalue weighted by molar-refractivity contribution is 0.0684. The van der Waals surface area contributed by atoms with Crippen molar-refractivity contribution in [3.8, 4) is 16.9 Å². The number of fused-ring (bicyclic) bond motifs is 2. The lowest BCUT2D eigenvalue weighted by atomic mass is 9.97. The van der Waals surface area contributed by atoms with Crippen LogP contribution in [0, 0.1) is 12.8 Å². The van der Waals surface area contributed by atoms with Crippen LogP contribution in [-0.4, -0.2) is 22.2 Å². The number of aromatic carboxylic acids is 1. The number of carboxylic acids is 1. The van der Waals surface area contributed by atoms with Crippen LogP contribution in [0.15, 0.2) is 91.0 Å². The summed E-state index contributed by atoms with van der Waals surface area (Å²) in [5.41, 5.74) is 4.56. The van der Waals surface area contributed by atoms with Crippen LogP contribution < -0.4 is 4.74 Å². The van der Waals surface area contributed by atoms with Gasteiger partial charge in [0.1, 0.15) is 11.4 Å².